The molecule has 0 fully saturated rings. The first-order valence-electron chi connectivity index (χ1n) is 4.04. The van der Waals surface area contributed by atoms with Crippen molar-refractivity contribution in [2.75, 3.05) is 0 Å². The molecule has 0 radical (unpaired) electrons. The molecule has 0 saturated heterocycles. The number of benzene rings is 1. The van der Waals surface area contributed by atoms with Crippen molar-refractivity contribution in [3.05, 3.63) is 34.4 Å². The van der Waals surface area contributed by atoms with Gasteiger partial charge in [0.05, 0.1) is 11.6 Å². The summed E-state index contributed by atoms with van der Waals surface area (Å²) in [6.45, 7) is 2.51. The number of fused-ring (bicyclic) bond motifs is 1. The van der Waals surface area contributed by atoms with Gasteiger partial charge >= 0.3 is 0 Å². The third-order valence-electron chi connectivity index (χ3n) is 2.27. The summed E-state index contributed by atoms with van der Waals surface area (Å²) >= 11 is 0. The summed E-state index contributed by atoms with van der Waals surface area (Å²) in [5, 5.41) is 11.4. The van der Waals surface area contributed by atoms with Crippen LogP contribution in [-0.4, -0.2) is 5.91 Å². The number of hydrogen-bond acceptors (Lipinski definition) is 2. The van der Waals surface area contributed by atoms with Crippen molar-refractivity contribution in [3.63, 3.8) is 0 Å². The minimum atomic E-state index is -0.0739. The van der Waals surface area contributed by atoms with Gasteiger partial charge in [0, 0.05) is 12.1 Å². The molecule has 1 aromatic carbocycles. The normalized spacial score (nSPS) is 13.4. The Balaban J connectivity index is 2.68. The van der Waals surface area contributed by atoms with Gasteiger partial charge in [0.2, 0.25) is 0 Å². The third kappa shape index (κ3) is 1.07. The Kier molecular flexibility index (Phi) is 1.56. The summed E-state index contributed by atoms with van der Waals surface area (Å²) in [6, 6.07) is 5.49. The Labute approximate surface area is 76.0 Å². The number of carbonyl (C=O) groups is 1. The first-order chi connectivity index (χ1) is 6.22. The zero-order valence-corrected chi connectivity index (χ0v) is 7.22. The second kappa shape index (κ2) is 2.60. The highest BCUT2D eigenvalue weighted by molar-refractivity contribution is 5.99. The Morgan fingerprint density at radius 1 is 1.54 bits per heavy atom. The molecule has 64 valence electrons. The van der Waals surface area contributed by atoms with E-state index in [1.807, 2.05) is 13.0 Å². The zero-order valence-electron chi connectivity index (χ0n) is 7.22. The van der Waals surface area contributed by atoms with Gasteiger partial charge in [-0.05, 0) is 30.2 Å². The van der Waals surface area contributed by atoms with E-state index in [-0.39, 0.29) is 5.91 Å². The van der Waals surface area contributed by atoms with Crippen molar-refractivity contribution >= 4 is 5.91 Å². The lowest BCUT2D eigenvalue weighted by Crippen LogP contribution is -2.12. The summed E-state index contributed by atoms with van der Waals surface area (Å²) < 4.78 is 0. The standard InChI is InChI=1S/C10H8N2O/c1-6-2-7(4-11)3-8-9(6)5-12-10(8)13/h2-3H,5H2,1H3,(H,12,13). The van der Waals surface area contributed by atoms with E-state index in [0.717, 1.165) is 11.1 Å². The molecule has 1 aliphatic heterocycles. The number of aryl methyl sites for hydroxylation is 1. The van der Waals surface area contributed by atoms with Crippen LogP contribution in [0.1, 0.15) is 27.0 Å². The number of nitrogens with zero attached hydrogens (tertiary/aromatic N) is 1. The maximum absolute atomic E-state index is 11.3. The van der Waals surface area contributed by atoms with E-state index in [0.29, 0.717) is 17.7 Å². The van der Waals surface area contributed by atoms with Gasteiger partial charge in [0.1, 0.15) is 0 Å². The predicted octanol–water partition coefficient (Wildman–Crippen LogP) is 1.11. The Hall–Kier alpha value is -1.82. The van der Waals surface area contributed by atoms with Crippen LogP contribution >= 0.6 is 0 Å². The van der Waals surface area contributed by atoms with Crippen LogP contribution < -0.4 is 5.32 Å². The molecule has 0 saturated carbocycles. The fourth-order valence-electron chi connectivity index (χ4n) is 1.58. The van der Waals surface area contributed by atoms with Crippen LogP contribution in [0, 0.1) is 18.3 Å². The van der Waals surface area contributed by atoms with Gasteiger partial charge in [0.15, 0.2) is 0 Å². The van der Waals surface area contributed by atoms with Gasteiger partial charge in [-0.15, -0.1) is 0 Å². The fourth-order valence-corrected chi connectivity index (χ4v) is 1.58. The molecule has 1 aromatic rings. The van der Waals surface area contributed by atoms with Gasteiger partial charge in [-0.1, -0.05) is 0 Å². The maximum atomic E-state index is 11.3. The van der Waals surface area contributed by atoms with E-state index in [1.54, 1.807) is 12.1 Å². The summed E-state index contributed by atoms with van der Waals surface area (Å²) in [4.78, 5) is 11.3. The summed E-state index contributed by atoms with van der Waals surface area (Å²) in [5.74, 6) is -0.0739. The zero-order chi connectivity index (χ0) is 9.42. The van der Waals surface area contributed by atoms with Gasteiger partial charge in [-0.2, -0.15) is 5.26 Å². The fraction of sp³-hybridized carbons (Fsp3) is 0.200. The van der Waals surface area contributed by atoms with Crippen LogP contribution in [0.15, 0.2) is 12.1 Å². The molecular formula is C10H8N2O. The average Bonchev–Trinajstić information content (AvgIpc) is 2.48. The van der Waals surface area contributed by atoms with Crippen molar-refractivity contribution in [3.8, 4) is 6.07 Å². The van der Waals surface area contributed by atoms with Crippen molar-refractivity contribution in [1.82, 2.24) is 5.32 Å². The SMILES string of the molecule is Cc1cc(C#N)cc2c1CNC2=O. The lowest BCUT2D eigenvalue weighted by atomic mass is 10.0. The molecule has 1 heterocycles. The minimum absolute atomic E-state index is 0.0739. The Morgan fingerprint density at radius 2 is 2.31 bits per heavy atom. The Bertz CT molecular complexity index is 429. The van der Waals surface area contributed by atoms with Gasteiger partial charge in [-0.25, -0.2) is 0 Å². The molecule has 3 heteroatoms. The van der Waals surface area contributed by atoms with E-state index in [1.165, 1.54) is 0 Å². The van der Waals surface area contributed by atoms with Crippen molar-refractivity contribution in [2.24, 2.45) is 0 Å². The first-order valence-corrected chi connectivity index (χ1v) is 4.04. The lowest BCUT2D eigenvalue weighted by molar-refractivity contribution is 0.0965. The first kappa shape index (κ1) is 7.81. The minimum Gasteiger partial charge on any atom is -0.348 e. The molecule has 3 nitrogen and oxygen atoms in total. The van der Waals surface area contributed by atoms with Crippen molar-refractivity contribution < 1.29 is 4.79 Å². The summed E-state index contributed by atoms with van der Waals surface area (Å²) in [6.07, 6.45) is 0. The van der Waals surface area contributed by atoms with Gasteiger partial charge in [-0.3, -0.25) is 4.79 Å². The predicted molar refractivity (Wildman–Crippen MR) is 47.1 cm³/mol. The van der Waals surface area contributed by atoms with Crippen molar-refractivity contribution in [2.45, 2.75) is 13.5 Å². The number of rotatable bonds is 0. The topological polar surface area (TPSA) is 52.9 Å². The molecule has 2 rings (SSSR count). The molecule has 0 unspecified atom stereocenters. The summed E-state index contributed by atoms with van der Waals surface area (Å²) in [5.41, 5.74) is 3.22. The number of nitriles is 1. The van der Waals surface area contributed by atoms with Crippen LogP contribution in [0.25, 0.3) is 0 Å². The smallest absolute Gasteiger partial charge is 0.251 e. The highest BCUT2D eigenvalue weighted by atomic mass is 16.1. The van der Waals surface area contributed by atoms with Crippen molar-refractivity contribution in [1.29, 1.82) is 5.26 Å². The molecule has 0 aromatic heterocycles. The molecular weight excluding hydrogens is 164 g/mol. The molecule has 13 heavy (non-hydrogen) atoms. The number of nitrogens with one attached hydrogen (secondary N) is 1. The molecule has 0 spiro atoms. The molecule has 1 amide bonds. The van der Waals surface area contributed by atoms with Crippen LogP contribution in [-0.2, 0) is 6.54 Å². The van der Waals surface area contributed by atoms with E-state index in [2.05, 4.69) is 5.32 Å². The Morgan fingerprint density at radius 3 is 3.00 bits per heavy atom. The largest absolute Gasteiger partial charge is 0.348 e. The van der Waals surface area contributed by atoms with Crippen LogP contribution in [0.5, 0.6) is 0 Å². The van der Waals surface area contributed by atoms with Crippen LogP contribution in [0.3, 0.4) is 0 Å². The highest BCUT2D eigenvalue weighted by Gasteiger charge is 2.20. The average molecular weight is 172 g/mol. The van der Waals surface area contributed by atoms with Gasteiger partial charge in [0.25, 0.3) is 5.91 Å². The quantitative estimate of drug-likeness (QED) is 0.637. The number of hydrogen-bond donors (Lipinski definition) is 1. The van der Waals surface area contributed by atoms with Crippen LogP contribution in [0.2, 0.25) is 0 Å². The lowest BCUT2D eigenvalue weighted by Gasteiger charge is -2.00. The third-order valence-corrected chi connectivity index (χ3v) is 2.27. The molecule has 0 atom stereocenters. The molecule has 1 N–H and O–H groups in total. The van der Waals surface area contributed by atoms with Gasteiger partial charge < -0.3 is 5.32 Å². The highest BCUT2D eigenvalue weighted by Crippen LogP contribution is 2.21. The van der Waals surface area contributed by atoms with E-state index in [9.17, 15) is 4.79 Å². The second-order valence-electron chi connectivity index (χ2n) is 3.11. The monoisotopic (exact) mass is 172 g/mol. The number of amides is 1. The molecule has 1 aliphatic rings. The van der Waals surface area contributed by atoms with E-state index in [4.69, 9.17) is 5.26 Å². The van der Waals surface area contributed by atoms with Crippen LogP contribution in [0.4, 0.5) is 0 Å². The second-order valence-corrected chi connectivity index (χ2v) is 3.11. The summed E-state index contributed by atoms with van der Waals surface area (Å²) in [7, 11) is 0. The van der Waals surface area contributed by atoms with E-state index < -0.39 is 0 Å². The number of carbonyl (C=O) groups excluding carboxylic acids is 1. The molecule has 0 aliphatic carbocycles. The van der Waals surface area contributed by atoms with E-state index >= 15 is 0 Å². The molecule has 0 bridgehead atoms. The maximum Gasteiger partial charge on any atom is 0.251 e.